The number of benzene rings is 1. The van der Waals surface area contributed by atoms with Crippen molar-refractivity contribution in [3.8, 4) is 10.6 Å². The van der Waals surface area contributed by atoms with E-state index < -0.39 is 12.8 Å². The number of thiazole rings is 1. The number of anilines is 2. The van der Waals surface area contributed by atoms with Gasteiger partial charge in [0.05, 0.1) is 28.1 Å². The third-order valence-electron chi connectivity index (χ3n) is 5.07. The molecule has 0 aliphatic carbocycles. The number of aryl methyl sites for hydroxylation is 1. The highest BCUT2D eigenvalue weighted by Gasteiger charge is 2.27. The maximum atomic E-state index is 12.2. The summed E-state index contributed by atoms with van der Waals surface area (Å²) < 4.78 is 42.3. The molecule has 1 aromatic carbocycles. The summed E-state index contributed by atoms with van der Waals surface area (Å²) in [5.74, 6) is 1.08. The first kappa shape index (κ1) is 25.1. The average Bonchev–Trinajstić information content (AvgIpc) is 3.19. The van der Waals surface area contributed by atoms with Gasteiger partial charge in [-0.2, -0.15) is 18.2 Å². The first-order valence-electron chi connectivity index (χ1n) is 10.8. The Labute approximate surface area is 194 Å². The monoisotopic (exact) mass is 483 g/mol. The molecule has 0 amide bonds. The first-order chi connectivity index (χ1) is 15.8. The molecular weight excluding hydrogens is 455 g/mol. The minimum atomic E-state index is -4.35. The van der Waals surface area contributed by atoms with Crippen LogP contribution < -0.4 is 10.6 Å². The minimum absolute atomic E-state index is 0.121. The molecule has 180 valence electrons. The van der Waals surface area contributed by atoms with Crippen LogP contribution in [0.15, 0.2) is 24.3 Å². The number of hydrogen-bond acceptors (Lipinski definition) is 8. The number of para-hydroxylation sites is 1. The van der Waals surface area contributed by atoms with Crippen molar-refractivity contribution >= 4 is 33.3 Å². The molecule has 7 nitrogen and oxygen atoms in total. The Morgan fingerprint density at radius 3 is 2.61 bits per heavy atom. The Morgan fingerprint density at radius 1 is 1.12 bits per heavy atom. The van der Waals surface area contributed by atoms with Crippen molar-refractivity contribution in [2.45, 2.75) is 32.9 Å². The molecule has 0 aliphatic heterocycles. The van der Waals surface area contributed by atoms with Gasteiger partial charge in [0, 0.05) is 19.7 Å². The number of fused-ring (bicyclic) bond motifs is 1. The highest BCUT2D eigenvalue weighted by Crippen LogP contribution is 2.36. The number of ether oxygens (including phenoxy) is 1. The highest BCUT2D eigenvalue weighted by atomic mass is 32.1. The van der Waals surface area contributed by atoms with E-state index in [1.165, 1.54) is 0 Å². The molecule has 0 saturated carbocycles. The van der Waals surface area contributed by atoms with Crippen LogP contribution in [0.5, 0.6) is 0 Å². The number of aliphatic hydroxyl groups excluding tert-OH is 1. The Bertz CT molecular complexity index is 1010. The van der Waals surface area contributed by atoms with Crippen molar-refractivity contribution in [3.05, 3.63) is 30.0 Å². The van der Waals surface area contributed by atoms with Crippen LogP contribution in [0.3, 0.4) is 0 Å². The van der Waals surface area contributed by atoms with Gasteiger partial charge in [0.2, 0.25) is 5.95 Å². The fraction of sp³-hybridized carbons (Fsp3) is 0.500. The van der Waals surface area contributed by atoms with Gasteiger partial charge in [0.25, 0.3) is 0 Å². The fourth-order valence-electron chi connectivity index (χ4n) is 3.26. The molecule has 0 spiro atoms. The van der Waals surface area contributed by atoms with Crippen molar-refractivity contribution in [1.29, 1.82) is 0 Å². The summed E-state index contributed by atoms with van der Waals surface area (Å²) >= 11 is 1.54. The van der Waals surface area contributed by atoms with Gasteiger partial charge in [-0.15, -0.1) is 11.3 Å². The molecule has 0 saturated heterocycles. The maximum Gasteiger partial charge on any atom is 0.411 e. The van der Waals surface area contributed by atoms with E-state index >= 15 is 0 Å². The normalized spacial score (nSPS) is 12.8. The van der Waals surface area contributed by atoms with E-state index in [0.717, 1.165) is 33.6 Å². The molecule has 0 fully saturated rings. The molecule has 3 N–H and O–H groups in total. The number of nitrogens with zero attached hydrogens (tertiary/aromatic N) is 3. The van der Waals surface area contributed by atoms with Crippen LogP contribution in [0.4, 0.5) is 24.9 Å². The molecule has 33 heavy (non-hydrogen) atoms. The number of hydrogen-bond donors (Lipinski definition) is 3. The molecule has 3 aromatic rings. The van der Waals surface area contributed by atoms with Gasteiger partial charge in [-0.1, -0.05) is 25.5 Å². The first-order valence-corrected chi connectivity index (χ1v) is 11.6. The van der Waals surface area contributed by atoms with Crippen molar-refractivity contribution in [2.75, 3.05) is 43.5 Å². The lowest BCUT2D eigenvalue weighted by atomic mass is 10.0. The number of nitrogens with one attached hydrogen (secondary N) is 2. The van der Waals surface area contributed by atoms with Crippen molar-refractivity contribution in [1.82, 2.24) is 15.0 Å². The van der Waals surface area contributed by atoms with Crippen LogP contribution in [0.2, 0.25) is 0 Å². The molecule has 11 heteroatoms. The van der Waals surface area contributed by atoms with Crippen LogP contribution in [0.25, 0.3) is 20.8 Å². The average molecular weight is 484 g/mol. The SMILES string of the molecule is CCC(CO)CCNc1nc(NCCOCC(F)(F)F)nc(C)c1-c1nc2ccccc2s1. The summed E-state index contributed by atoms with van der Waals surface area (Å²) in [6.45, 7) is 3.32. The van der Waals surface area contributed by atoms with Crippen LogP contribution >= 0.6 is 11.3 Å². The zero-order valence-electron chi connectivity index (χ0n) is 18.6. The van der Waals surface area contributed by atoms with Gasteiger partial charge >= 0.3 is 6.18 Å². The van der Waals surface area contributed by atoms with Crippen LogP contribution in [-0.2, 0) is 4.74 Å². The van der Waals surface area contributed by atoms with Gasteiger partial charge in [0.1, 0.15) is 17.4 Å². The number of alkyl halides is 3. The van der Waals surface area contributed by atoms with Gasteiger partial charge < -0.3 is 20.5 Å². The summed E-state index contributed by atoms with van der Waals surface area (Å²) in [5, 5.41) is 16.5. The Kier molecular flexibility index (Phi) is 8.81. The molecule has 1 atom stereocenters. The number of rotatable bonds is 12. The van der Waals surface area contributed by atoms with Crippen molar-refractivity contribution in [3.63, 3.8) is 0 Å². The van der Waals surface area contributed by atoms with Crippen molar-refractivity contribution < 1.29 is 23.0 Å². The lowest BCUT2D eigenvalue weighted by Gasteiger charge is -2.16. The minimum Gasteiger partial charge on any atom is -0.396 e. The zero-order chi connectivity index (χ0) is 23.8. The molecule has 2 aromatic heterocycles. The Hall–Kier alpha value is -2.50. The summed E-state index contributed by atoms with van der Waals surface area (Å²) in [5.41, 5.74) is 2.37. The quantitative estimate of drug-likeness (QED) is 0.317. The second-order valence-electron chi connectivity index (χ2n) is 7.61. The second-order valence-corrected chi connectivity index (χ2v) is 8.64. The molecule has 1 unspecified atom stereocenters. The molecule has 2 heterocycles. The summed E-state index contributed by atoms with van der Waals surface area (Å²) in [6.07, 6.45) is -2.71. The summed E-state index contributed by atoms with van der Waals surface area (Å²) in [7, 11) is 0. The van der Waals surface area contributed by atoms with Crippen LogP contribution in [0.1, 0.15) is 25.5 Å². The van der Waals surface area contributed by atoms with Gasteiger partial charge in [-0.25, -0.2) is 9.97 Å². The predicted molar refractivity (Wildman–Crippen MR) is 125 cm³/mol. The van der Waals surface area contributed by atoms with E-state index in [1.54, 1.807) is 11.3 Å². The second kappa shape index (κ2) is 11.6. The molecule has 0 aliphatic rings. The van der Waals surface area contributed by atoms with E-state index in [-0.39, 0.29) is 25.7 Å². The molecular formula is C22H28F3N5O2S. The Morgan fingerprint density at radius 2 is 1.91 bits per heavy atom. The molecule has 0 radical (unpaired) electrons. The zero-order valence-corrected chi connectivity index (χ0v) is 19.4. The topological polar surface area (TPSA) is 92.2 Å². The lowest BCUT2D eigenvalue weighted by molar-refractivity contribution is -0.172. The largest absolute Gasteiger partial charge is 0.411 e. The number of aliphatic hydroxyl groups is 1. The number of aromatic nitrogens is 3. The van der Waals surface area contributed by atoms with E-state index in [2.05, 4.69) is 25.3 Å². The van der Waals surface area contributed by atoms with E-state index in [0.29, 0.717) is 24.0 Å². The van der Waals surface area contributed by atoms with E-state index in [4.69, 9.17) is 4.98 Å². The fourth-order valence-corrected chi connectivity index (χ4v) is 4.32. The molecule has 3 rings (SSSR count). The van der Waals surface area contributed by atoms with Gasteiger partial charge in [-0.05, 0) is 31.4 Å². The van der Waals surface area contributed by atoms with Crippen molar-refractivity contribution in [2.24, 2.45) is 5.92 Å². The molecule has 0 bridgehead atoms. The Balaban J connectivity index is 1.80. The standard InChI is InChI=1S/C22H28F3N5O2S/c1-3-15(12-31)8-9-26-19-18(20-29-16-6-4-5-7-17(16)33-20)14(2)28-21(30-19)27-10-11-32-13-22(23,24)25/h4-7,15,31H,3,8-13H2,1-2H3,(H2,26,27,28,30). The lowest BCUT2D eigenvalue weighted by Crippen LogP contribution is -2.21. The highest BCUT2D eigenvalue weighted by molar-refractivity contribution is 7.21. The van der Waals surface area contributed by atoms with Gasteiger partial charge in [-0.3, -0.25) is 0 Å². The summed E-state index contributed by atoms with van der Waals surface area (Å²) in [6, 6.07) is 7.84. The maximum absolute atomic E-state index is 12.2. The summed E-state index contributed by atoms with van der Waals surface area (Å²) in [4.78, 5) is 13.8. The number of halogens is 3. The van der Waals surface area contributed by atoms with Crippen LogP contribution in [0, 0.1) is 12.8 Å². The van der Waals surface area contributed by atoms with Gasteiger partial charge in [0.15, 0.2) is 0 Å². The van der Waals surface area contributed by atoms with Crippen LogP contribution in [-0.4, -0.2) is 59.1 Å². The predicted octanol–water partition coefficient (Wildman–Crippen LogP) is 4.87. The third kappa shape index (κ3) is 7.24. The van der Waals surface area contributed by atoms with E-state index in [9.17, 15) is 18.3 Å². The third-order valence-corrected chi connectivity index (χ3v) is 6.13. The smallest absolute Gasteiger partial charge is 0.396 e. The van der Waals surface area contributed by atoms with E-state index in [1.807, 2.05) is 38.1 Å².